The molecular weight excluding hydrogens is 201 g/mol. The van der Waals surface area contributed by atoms with E-state index >= 15 is 0 Å². The Morgan fingerprint density at radius 3 is 2.60 bits per heavy atom. The molecule has 5 heteroatoms. The van der Waals surface area contributed by atoms with Gasteiger partial charge in [0.2, 0.25) is 0 Å². The smallest absolute Gasteiger partial charge is 0.251 e. The lowest BCUT2D eigenvalue weighted by atomic mass is 10.2. The Balaban J connectivity index is 2.68. The van der Waals surface area contributed by atoms with E-state index < -0.39 is 17.8 Å². The molecule has 0 radical (unpaired) electrons. The standard InChI is InChI=1S/C10H12FNO3/c11-8-3-1-2-7(4-8)10(15)12-9(5-13)6-14/h1-4,9,13-14H,5-6H2,(H,12,15). The first kappa shape index (κ1) is 11.6. The molecule has 0 bridgehead atoms. The van der Waals surface area contributed by atoms with Crippen LogP contribution in [-0.2, 0) is 0 Å². The summed E-state index contributed by atoms with van der Waals surface area (Å²) in [7, 11) is 0. The zero-order valence-electron chi connectivity index (χ0n) is 7.98. The van der Waals surface area contributed by atoms with Crippen LogP contribution in [0.3, 0.4) is 0 Å². The molecule has 0 atom stereocenters. The van der Waals surface area contributed by atoms with Crippen molar-refractivity contribution in [3.8, 4) is 0 Å². The lowest BCUT2D eigenvalue weighted by molar-refractivity contribution is 0.0879. The molecule has 0 aromatic heterocycles. The molecule has 1 aromatic carbocycles. The Kier molecular flexibility index (Phi) is 4.20. The summed E-state index contributed by atoms with van der Waals surface area (Å²) in [5.41, 5.74) is 0.155. The minimum absolute atomic E-state index is 0.155. The molecule has 82 valence electrons. The highest BCUT2D eigenvalue weighted by Crippen LogP contribution is 2.03. The predicted octanol–water partition coefficient (Wildman–Crippen LogP) is -0.0913. The first-order valence-electron chi connectivity index (χ1n) is 4.45. The van der Waals surface area contributed by atoms with Crippen molar-refractivity contribution in [3.63, 3.8) is 0 Å². The van der Waals surface area contributed by atoms with Crippen LogP contribution in [-0.4, -0.2) is 35.4 Å². The van der Waals surface area contributed by atoms with Gasteiger partial charge in [-0.15, -0.1) is 0 Å². The molecule has 0 spiro atoms. The Labute approximate surface area is 86.4 Å². The van der Waals surface area contributed by atoms with Gasteiger partial charge in [-0.2, -0.15) is 0 Å². The second kappa shape index (κ2) is 5.43. The first-order valence-corrected chi connectivity index (χ1v) is 4.45. The fraction of sp³-hybridized carbons (Fsp3) is 0.300. The maximum Gasteiger partial charge on any atom is 0.251 e. The van der Waals surface area contributed by atoms with Gasteiger partial charge >= 0.3 is 0 Å². The number of halogens is 1. The van der Waals surface area contributed by atoms with Gasteiger partial charge in [0.05, 0.1) is 19.3 Å². The number of nitrogens with one attached hydrogen (secondary N) is 1. The van der Waals surface area contributed by atoms with E-state index in [4.69, 9.17) is 10.2 Å². The molecule has 0 heterocycles. The van der Waals surface area contributed by atoms with Gasteiger partial charge < -0.3 is 15.5 Å². The van der Waals surface area contributed by atoms with E-state index in [1.54, 1.807) is 0 Å². The third-order valence-electron chi connectivity index (χ3n) is 1.86. The van der Waals surface area contributed by atoms with E-state index in [0.29, 0.717) is 0 Å². The topological polar surface area (TPSA) is 69.6 Å². The SMILES string of the molecule is O=C(NC(CO)CO)c1cccc(F)c1. The zero-order valence-corrected chi connectivity index (χ0v) is 7.98. The number of hydrogen-bond acceptors (Lipinski definition) is 3. The van der Waals surface area contributed by atoms with Crippen molar-refractivity contribution in [3.05, 3.63) is 35.6 Å². The van der Waals surface area contributed by atoms with E-state index in [2.05, 4.69) is 5.32 Å². The van der Waals surface area contributed by atoms with Crippen LogP contribution in [0.2, 0.25) is 0 Å². The average molecular weight is 213 g/mol. The number of amides is 1. The summed E-state index contributed by atoms with van der Waals surface area (Å²) in [6, 6.07) is 4.45. The first-order chi connectivity index (χ1) is 7.17. The predicted molar refractivity (Wildman–Crippen MR) is 51.8 cm³/mol. The summed E-state index contributed by atoms with van der Waals surface area (Å²) >= 11 is 0. The molecule has 3 N–H and O–H groups in total. The summed E-state index contributed by atoms with van der Waals surface area (Å²) in [5.74, 6) is -1.03. The van der Waals surface area contributed by atoms with E-state index in [-0.39, 0.29) is 18.8 Å². The van der Waals surface area contributed by atoms with Crippen molar-refractivity contribution in [2.75, 3.05) is 13.2 Å². The number of carbonyl (C=O) groups is 1. The average Bonchev–Trinajstić information content (AvgIpc) is 2.25. The van der Waals surface area contributed by atoms with Gasteiger partial charge in [-0.25, -0.2) is 4.39 Å². The van der Waals surface area contributed by atoms with Crippen LogP contribution in [0.1, 0.15) is 10.4 Å². The number of aliphatic hydroxyl groups is 2. The Hall–Kier alpha value is -1.46. The van der Waals surface area contributed by atoms with Crippen LogP contribution in [0.15, 0.2) is 24.3 Å². The molecule has 1 amide bonds. The number of rotatable bonds is 4. The van der Waals surface area contributed by atoms with E-state index in [9.17, 15) is 9.18 Å². The molecule has 15 heavy (non-hydrogen) atoms. The lowest BCUT2D eigenvalue weighted by Crippen LogP contribution is -2.40. The minimum Gasteiger partial charge on any atom is -0.394 e. The van der Waals surface area contributed by atoms with Crippen molar-refractivity contribution < 1.29 is 19.4 Å². The maximum atomic E-state index is 12.7. The Morgan fingerprint density at radius 1 is 1.40 bits per heavy atom. The van der Waals surface area contributed by atoms with E-state index in [1.807, 2.05) is 0 Å². The third kappa shape index (κ3) is 3.30. The Bertz CT molecular complexity index is 339. The van der Waals surface area contributed by atoms with Crippen LogP contribution in [0, 0.1) is 5.82 Å². The van der Waals surface area contributed by atoms with Crippen molar-refractivity contribution in [2.45, 2.75) is 6.04 Å². The molecule has 0 fully saturated rings. The molecule has 0 aliphatic heterocycles. The minimum atomic E-state index is -0.722. The molecule has 0 unspecified atom stereocenters. The summed E-state index contributed by atoms with van der Waals surface area (Å²) < 4.78 is 12.7. The number of benzene rings is 1. The third-order valence-corrected chi connectivity index (χ3v) is 1.86. The molecule has 1 rings (SSSR count). The second-order valence-electron chi connectivity index (χ2n) is 3.05. The maximum absolute atomic E-state index is 12.7. The second-order valence-corrected chi connectivity index (χ2v) is 3.05. The fourth-order valence-electron chi connectivity index (χ4n) is 1.05. The van der Waals surface area contributed by atoms with Crippen molar-refractivity contribution >= 4 is 5.91 Å². The Morgan fingerprint density at radius 2 is 2.07 bits per heavy atom. The van der Waals surface area contributed by atoms with Gasteiger partial charge in [-0.1, -0.05) is 6.07 Å². The highest BCUT2D eigenvalue weighted by Gasteiger charge is 2.11. The van der Waals surface area contributed by atoms with Crippen LogP contribution >= 0.6 is 0 Å². The summed E-state index contributed by atoms with van der Waals surface area (Å²) in [4.78, 5) is 11.4. The van der Waals surface area contributed by atoms with Crippen LogP contribution in [0.25, 0.3) is 0 Å². The van der Waals surface area contributed by atoms with Crippen LogP contribution in [0.4, 0.5) is 4.39 Å². The lowest BCUT2D eigenvalue weighted by Gasteiger charge is -2.12. The summed E-state index contributed by atoms with van der Waals surface area (Å²) in [5, 5.41) is 19.8. The fourth-order valence-corrected chi connectivity index (χ4v) is 1.05. The van der Waals surface area contributed by atoms with Crippen molar-refractivity contribution in [2.24, 2.45) is 0 Å². The number of carbonyl (C=O) groups excluding carboxylic acids is 1. The largest absolute Gasteiger partial charge is 0.394 e. The summed E-state index contributed by atoms with van der Waals surface area (Å²) in [6.07, 6.45) is 0. The zero-order chi connectivity index (χ0) is 11.3. The van der Waals surface area contributed by atoms with Gasteiger partial charge in [0, 0.05) is 5.56 Å². The normalized spacial score (nSPS) is 10.4. The van der Waals surface area contributed by atoms with Gasteiger partial charge in [0.25, 0.3) is 5.91 Å². The highest BCUT2D eigenvalue weighted by atomic mass is 19.1. The van der Waals surface area contributed by atoms with E-state index in [0.717, 1.165) is 6.07 Å². The molecular formula is C10H12FNO3. The van der Waals surface area contributed by atoms with Crippen LogP contribution < -0.4 is 5.32 Å². The van der Waals surface area contributed by atoms with E-state index in [1.165, 1.54) is 18.2 Å². The molecule has 0 aliphatic rings. The van der Waals surface area contributed by atoms with Gasteiger partial charge in [0.15, 0.2) is 0 Å². The van der Waals surface area contributed by atoms with Crippen molar-refractivity contribution in [1.29, 1.82) is 0 Å². The van der Waals surface area contributed by atoms with Crippen LogP contribution in [0.5, 0.6) is 0 Å². The number of hydrogen-bond donors (Lipinski definition) is 3. The highest BCUT2D eigenvalue weighted by molar-refractivity contribution is 5.94. The molecule has 1 aromatic rings. The van der Waals surface area contributed by atoms with Gasteiger partial charge in [-0.3, -0.25) is 4.79 Å². The summed E-state index contributed by atoms with van der Waals surface area (Å²) in [6.45, 7) is -0.727. The number of aliphatic hydroxyl groups excluding tert-OH is 2. The molecule has 4 nitrogen and oxygen atoms in total. The van der Waals surface area contributed by atoms with Gasteiger partial charge in [-0.05, 0) is 18.2 Å². The van der Waals surface area contributed by atoms with Crippen molar-refractivity contribution in [1.82, 2.24) is 5.32 Å². The molecule has 0 saturated heterocycles. The quantitative estimate of drug-likeness (QED) is 0.654. The monoisotopic (exact) mass is 213 g/mol. The molecule has 0 aliphatic carbocycles. The molecule has 0 saturated carbocycles. The van der Waals surface area contributed by atoms with Gasteiger partial charge in [0.1, 0.15) is 5.82 Å².